The first-order valence-corrected chi connectivity index (χ1v) is 7.45. The highest BCUT2D eigenvalue weighted by Gasteiger charge is 2.33. The van der Waals surface area contributed by atoms with Gasteiger partial charge in [-0.3, -0.25) is 4.90 Å². The van der Waals surface area contributed by atoms with Crippen LogP contribution in [-0.4, -0.2) is 41.6 Å². The molecule has 3 heterocycles. The van der Waals surface area contributed by atoms with E-state index in [1.807, 2.05) is 6.07 Å². The Hall–Kier alpha value is -1.00. The van der Waals surface area contributed by atoms with Crippen molar-refractivity contribution in [1.82, 2.24) is 9.88 Å². The maximum atomic E-state index is 6.03. The number of halogens is 1. The van der Waals surface area contributed by atoms with Gasteiger partial charge in [0.25, 0.3) is 0 Å². The summed E-state index contributed by atoms with van der Waals surface area (Å²) >= 11 is 6.03. The van der Waals surface area contributed by atoms with Gasteiger partial charge in [-0.25, -0.2) is 4.98 Å². The number of piperidine rings is 1. The third kappa shape index (κ3) is 2.65. The number of nitrogens with zero attached hydrogens (tertiary/aromatic N) is 3. The van der Waals surface area contributed by atoms with Crippen molar-refractivity contribution in [1.29, 1.82) is 0 Å². The van der Waals surface area contributed by atoms with E-state index in [-0.39, 0.29) is 0 Å². The zero-order chi connectivity index (χ0) is 13.4. The van der Waals surface area contributed by atoms with E-state index in [4.69, 9.17) is 17.3 Å². The first kappa shape index (κ1) is 13.0. The number of anilines is 2. The lowest BCUT2D eigenvalue weighted by Crippen LogP contribution is -2.59. The number of nitrogens with two attached hydrogens (primary N) is 1. The molecular weight excluding hydrogens is 260 g/mol. The normalized spacial score (nSPS) is 28.2. The molecule has 2 fully saturated rings. The zero-order valence-electron chi connectivity index (χ0n) is 11.3. The number of hydrogen-bond acceptors (Lipinski definition) is 4. The van der Waals surface area contributed by atoms with Crippen molar-refractivity contribution in [3.05, 3.63) is 17.3 Å². The van der Waals surface area contributed by atoms with Gasteiger partial charge in [0.1, 0.15) is 11.0 Å². The van der Waals surface area contributed by atoms with Crippen LogP contribution in [0.5, 0.6) is 0 Å². The summed E-state index contributed by atoms with van der Waals surface area (Å²) < 4.78 is 0. The van der Waals surface area contributed by atoms with E-state index in [0.717, 1.165) is 18.9 Å². The lowest BCUT2D eigenvalue weighted by atomic mass is 9.97. The molecule has 0 aromatic carbocycles. The summed E-state index contributed by atoms with van der Waals surface area (Å²) in [5.74, 6) is 0.919. The smallest absolute Gasteiger partial charge is 0.133 e. The molecule has 2 saturated heterocycles. The SMILES string of the molecule is CC1CN2CCCCC2CN1c1cc(N)cc(Cl)n1. The van der Waals surface area contributed by atoms with Crippen molar-refractivity contribution in [3.63, 3.8) is 0 Å². The summed E-state index contributed by atoms with van der Waals surface area (Å²) in [6.45, 7) is 5.64. The Morgan fingerprint density at radius 2 is 2.16 bits per heavy atom. The zero-order valence-corrected chi connectivity index (χ0v) is 12.1. The van der Waals surface area contributed by atoms with Gasteiger partial charge >= 0.3 is 0 Å². The van der Waals surface area contributed by atoms with Crippen LogP contribution in [0.1, 0.15) is 26.2 Å². The minimum absolute atomic E-state index is 0.458. The van der Waals surface area contributed by atoms with Gasteiger partial charge in [0.2, 0.25) is 0 Å². The van der Waals surface area contributed by atoms with E-state index < -0.39 is 0 Å². The van der Waals surface area contributed by atoms with Gasteiger partial charge in [-0.2, -0.15) is 0 Å². The number of piperazine rings is 1. The summed E-state index contributed by atoms with van der Waals surface area (Å²) in [7, 11) is 0. The maximum absolute atomic E-state index is 6.03. The standard InChI is InChI=1S/C14H21ClN4/c1-10-8-18-5-3-2-4-12(18)9-19(10)14-7-11(16)6-13(15)17-14/h6-7,10,12H,2-5,8-9H2,1H3,(H2,16,17). The fourth-order valence-corrected chi connectivity index (χ4v) is 3.53. The molecule has 2 atom stereocenters. The second-order valence-electron chi connectivity index (χ2n) is 5.73. The average Bonchev–Trinajstić information content (AvgIpc) is 2.36. The van der Waals surface area contributed by atoms with E-state index in [0.29, 0.717) is 22.9 Å². The van der Waals surface area contributed by atoms with Crippen LogP contribution < -0.4 is 10.6 Å². The van der Waals surface area contributed by atoms with Gasteiger partial charge in [-0.05, 0) is 32.4 Å². The first-order chi connectivity index (χ1) is 9.13. The number of fused-ring (bicyclic) bond motifs is 1. The maximum Gasteiger partial charge on any atom is 0.133 e. The summed E-state index contributed by atoms with van der Waals surface area (Å²) in [6, 6.07) is 4.75. The van der Waals surface area contributed by atoms with Crippen molar-refractivity contribution in [2.75, 3.05) is 30.3 Å². The Balaban J connectivity index is 1.83. The van der Waals surface area contributed by atoms with E-state index in [9.17, 15) is 0 Å². The molecule has 2 aliphatic heterocycles. The monoisotopic (exact) mass is 280 g/mol. The third-order valence-corrected chi connectivity index (χ3v) is 4.48. The van der Waals surface area contributed by atoms with Gasteiger partial charge in [0.15, 0.2) is 0 Å². The fraction of sp³-hybridized carbons (Fsp3) is 0.643. The topological polar surface area (TPSA) is 45.4 Å². The molecule has 0 amide bonds. The number of nitrogen functional groups attached to an aromatic ring is 1. The quantitative estimate of drug-likeness (QED) is 0.803. The molecule has 3 rings (SSSR count). The van der Waals surface area contributed by atoms with E-state index >= 15 is 0 Å². The van der Waals surface area contributed by atoms with Gasteiger partial charge in [-0.1, -0.05) is 18.0 Å². The van der Waals surface area contributed by atoms with Crippen LogP contribution in [0.25, 0.3) is 0 Å². The molecule has 0 bridgehead atoms. The molecule has 0 aliphatic carbocycles. The molecule has 0 radical (unpaired) electrons. The predicted octanol–water partition coefficient (Wildman–Crippen LogP) is 2.38. The van der Waals surface area contributed by atoms with Gasteiger partial charge in [0.05, 0.1) is 0 Å². The van der Waals surface area contributed by atoms with Crippen molar-refractivity contribution in [3.8, 4) is 0 Å². The summed E-state index contributed by atoms with van der Waals surface area (Å²) in [5.41, 5.74) is 6.57. The number of rotatable bonds is 1. The Morgan fingerprint density at radius 3 is 2.95 bits per heavy atom. The lowest BCUT2D eigenvalue weighted by Gasteiger charge is -2.48. The average molecular weight is 281 g/mol. The third-order valence-electron chi connectivity index (χ3n) is 4.28. The summed E-state index contributed by atoms with van der Waals surface area (Å²) in [6.07, 6.45) is 3.97. The van der Waals surface area contributed by atoms with Crippen molar-refractivity contribution in [2.45, 2.75) is 38.3 Å². The molecule has 5 heteroatoms. The molecule has 104 valence electrons. The Kier molecular flexibility index (Phi) is 3.54. The number of pyridine rings is 1. The van der Waals surface area contributed by atoms with Crippen LogP contribution in [0.2, 0.25) is 5.15 Å². The van der Waals surface area contributed by atoms with Crippen LogP contribution in [0.4, 0.5) is 11.5 Å². The van der Waals surface area contributed by atoms with Gasteiger partial charge in [-0.15, -0.1) is 0 Å². The van der Waals surface area contributed by atoms with Crippen LogP contribution in [0, 0.1) is 0 Å². The molecule has 1 aromatic rings. The number of aromatic nitrogens is 1. The highest BCUT2D eigenvalue weighted by atomic mass is 35.5. The molecule has 4 nitrogen and oxygen atoms in total. The summed E-state index contributed by atoms with van der Waals surface area (Å²) in [5, 5.41) is 0.480. The Morgan fingerprint density at radius 1 is 1.32 bits per heavy atom. The Labute approximate surface area is 119 Å². The first-order valence-electron chi connectivity index (χ1n) is 7.07. The van der Waals surface area contributed by atoms with Crippen molar-refractivity contribution >= 4 is 23.1 Å². The molecule has 1 aromatic heterocycles. The highest BCUT2D eigenvalue weighted by molar-refractivity contribution is 6.29. The predicted molar refractivity (Wildman–Crippen MR) is 79.7 cm³/mol. The minimum atomic E-state index is 0.458. The lowest BCUT2D eigenvalue weighted by molar-refractivity contribution is 0.115. The van der Waals surface area contributed by atoms with E-state index in [1.54, 1.807) is 6.07 Å². The molecule has 19 heavy (non-hydrogen) atoms. The van der Waals surface area contributed by atoms with Crippen LogP contribution in [0.15, 0.2) is 12.1 Å². The van der Waals surface area contributed by atoms with Crippen LogP contribution in [0.3, 0.4) is 0 Å². The largest absolute Gasteiger partial charge is 0.399 e. The van der Waals surface area contributed by atoms with Crippen molar-refractivity contribution in [2.24, 2.45) is 0 Å². The van der Waals surface area contributed by atoms with E-state index in [1.165, 1.54) is 25.8 Å². The molecular formula is C14H21ClN4. The van der Waals surface area contributed by atoms with Gasteiger partial charge < -0.3 is 10.6 Å². The number of hydrogen-bond donors (Lipinski definition) is 1. The van der Waals surface area contributed by atoms with Crippen LogP contribution >= 0.6 is 11.6 Å². The van der Waals surface area contributed by atoms with E-state index in [2.05, 4.69) is 21.7 Å². The molecule has 0 saturated carbocycles. The van der Waals surface area contributed by atoms with Gasteiger partial charge in [0, 0.05) is 36.9 Å². The molecule has 2 unspecified atom stereocenters. The molecule has 2 aliphatic rings. The highest BCUT2D eigenvalue weighted by Crippen LogP contribution is 2.28. The van der Waals surface area contributed by atoms with Crippen LogP contribution in [-0.2, 0) is 0 Å². The van der Waals surface area contributed by atoms with Crippen molar-refractivity contribution < 1.29 is 0 Å². The minimum Gasteiger partial charge on any atom is -0.399 e. The molecule has 0 spiro atoms. The second-order valence-corrected chi connectivity index (χ2v) is 6.11. The Bertz CT molecular complexity index is 445. The second kappa shape index (κ2) is 5.17. The summed E-state index contributed by atoms with van der Waals surface area (Å²) in [4.78, 5) is 9.42. The molecule has 2 N–H and O–H groups in total. The fourth-order valence-electron chi connectivity index (χ4n) is 3.32.